The van der Waals surface area contributed by atoms with Crippen LogP contribution in [0, 0.1) is 10.1 Å². The molecule has 0 spiro atoms. The van der Waals surface area contributed by atoms with E-state index in [0.717, 1.165) is 39.8 Å². The molecular weight excluding hydrogens is 696 g/mol. The lowest BCUT2D eigenvalue weighted by molar-refractivity contribution is -0.387. The van der Waals surface area contributed by atoms with Crippen molar-refractivity contribution in [1.82, 2.24) is 4.31 Å². The van der Waals surface area contributed by atoms with Gasteiger partial charge in [0, 0.05) is 33.8 Å². The van der Waals surface area contributed by atoms with Crippen molar-refractivity contribution in [2.24, 2.45) is 0 Å². The Balaban J connectivity index is 2.47. The third-order valence-electron chi connectivity index (χ3n) is 7.09. The van der Waals surface area contributed by atoms with Crippen LogP contribution < -0.4 is 0 Å². The van der Waals surface area contributed by atoms with Crippen molar-refractivity contribution in [3.05, 3.63) is 70.3 Å². The summed E-state index contributed by atoms with van der Waals surface area (Å²) in [7, 11) is -5.29. The van der Waals surface area contributed by atoms with Gasteiger partial charge < -0.3 is 28.4 Å². The highest BCUT2D eigenvalue weighted by atomic mass is 32.2. The number of sulfonamides is 1. The molecule has 1 heterocycles. The van der Waals surface area contributed by atoms with E-state index in [0.29, 0.717) is 9.87 Å². The molecule has 0 radical (unpaired) electrons. The first kappa shape index (κ1) is 40.5. The van der Waals surface area contributed by atoms with Gasteiger partial charge in [0.25, 0.3) is 15.7 Å². The number of carbonyl (C=O) groups excluding carboxylic acids is 5. The maximum atomic E-state index is 15.0. The van der Waals surface area contributed by atoms with Gasteiger partial charge in [-0.05, 0) is 38.8 Å². The number of para-hydroxylation sites is 1. The van der Waals surface area contributed by atoms with Crippen LogP contribution in [0.5, 0.6) is 0 Å². The molecule has 18 heteroatoms. The van der Waals surface area contributed by atoms with E-state index in [1.807, 2.05) is 0 Å². The fourth-order valence-corrected chi connectivity index (χ4v) is 7.14. The predicted molar refractivity (Wildman–Crippen MR) is 174 cm³/mol. The molecule has 2 aromatic rings. The van der Waals surface area contributed by atoms with Crippen molar-refractivity contribution in [2.75, 3.05) is 6.61 Å². The highest BCUT2D eigenvalue weighted by Crippen LogP contribution is 2.38. The molecule has 0 unspecified atom stereocenters. The Bertz CT molecular complexity index is 1720. The summed E-state index contributed by atoms with van der Waals surface area (Å²) in [6.07, 6.45) is -9.72. The minimum Gasteiger partial charge on any atom is -0.463 e. The summed E-state index contributed by atoms with van der Waals surface area (Å²) in [5, 5.41) is 12.2. The molecule has 0 aromatic heterocycles. The number of nitro benzene ring substituents is 1. The number of carbonyl (C=O) groups is 5. The van der Waals surface area contributed by atoms with Crippen LogP contribution >= 0.6 is 0 Å². The first-order chi connectivity index (χ1) is 23.7. The number of nitrogens with zero attached hydrogens (tertiary/aromatic N) is 2. The van der Waals surface area contributed by atoms with Crippen molar-refractivity contribution < 1.29 is 65.7 Å². The Morgan fingerprint density at radius 1 is 0.824 bits per heavy atom. The van der Waals surface area contributed by atoms with Crippen LogP contribution in [0.25, 0.3) is 0 Å². The van der Waals surface area contributed by atoms with Crippen molar-refractivity contribution in [3.8, 4) is 0 Å². The van der Waals surface area contributed by atoms with Crippen LogP contribution in [0.1, 0.15) is 54.0 Å². The Morgan fingerprint density at radius 2 is 1.35 bits per heavy atom. The molecule has 6 atom stereocenters. The van der Waals surface area contributed by atoms with E-state index in [9.17, 15) is 42.5 Å². The predicted octanol–water partition coefficient (Wildman–Crippen LogP) is 2.62. The zero-order valence-electron chi connectivity index (χ0n) is 29.0. The van der Waals surface area contributed by atoms with Gasteiger partial charge in [0.05, 0.1) is 4.92 Å². The molecule has 0 aliphatic carbocycles. The number of ether oxygens (including phenoxy) is 6. The molecule has 1 fully saturated rings. The summed E-state index contributed by atoms with van der Waals surface area (Å²) in [6, 6.07) is 10.5. The van der Waals surface area contributed by atoms with E-state index >= 15 is 0 Å². The number of hydrogen-bond acceptors (Lipinski definition) is 15. The maximum Gasteiger partial charge on any atom is 0.325 e. The van der Waals surface area contributed by atoms with E-state index < -0.39 is 111 Å². The Morgan fingerprint density at radius 3 is 1.88 bits per heavy atom. The molecule has 0 saturated carbocycles. The number of rotatable bonds is 13. The van der Waals surface area contributed by atoms with Gasteiger partial charge in [0.1, 0.15) is 24.4 Å². The van der Waals surface area contributed by atoms with Crippen LogP contribution in [0.15, 0.2) is 59.5 Å². The smallest absolute Gasteiger partial charge is 0.325 e. The minimum atomic E-state index is -5.29. The second-order valence-corrected chi connectivity index (χ2v) is 14.2. The highest BCUT2D eigenvalue weighted by Gasteiger charge is 2.58. The quantitative estimate of drug-likeness (QED) is 0.125. The van der Waals surface area contributed by atoms with E-state index in [1.54, 1.807) is 30.3 Å². The van der Waals surface area contributed by atoms with Crippen molar-refractivity contribution >= 4 is 45.6 Å². The minimum absolute atomic E-state index is 0.404. The molecule has 17 nitrogen and oxygen atoms in total. The summed E-state index contributed by atoms with van der Waals surface area (Å²) >= 11 is 0. The van der Waals surface area contributed by atoms with Crippen LogP contribution in [-0.2, 0) is 68.8 Å². The fraction of sp³-hybridized carbons (Fsp3) is 0.485. The van der Waals surface area contributed by atoms with Gasteiger partial charge in [0.2, 0.25) is 0 Å². The monoisotopic (exact) mass is 736 g/mol. The van der Waals surface area contributed by atoms with Gasteiger partial charge in [-0.2, -0.15) is 4.31 Å². The lowest BCUT2D eigenvalue weighted by Crippen LogP contribution is -2.69. The molecule has 1 aliphatic rings. The largest absolute Gasteiger partial charge is 0.463 e. The van der Waals surface area contributed by atoms with Crippen LogP contribution in [0.2, 0.25) is 0 Å². The normalized spacial score (nSPS) is 21.1. The summed E-state index contributed by atoms with van der Waals surface area (Å²) in [5.74, 6) is -4.95. The lowest BCUT2D eigenvalue weighted by Gasteiger charge is -2.48. The first-order valence-corrected chi connectivity index (χ1v) is 17.0. The van der Waals surface area contributed by atoms with Crippen LogP contribution in [-0.4, -0.2) is 96.4 Å². The van der Waals surface area contributed by atoms with E-state index in [1.165, 1.54) is 32.9 Å². The Labute approximate surface area is 294 Å². The van der Waals surface area contributed by atoms with Crippen molar-refractivity contribution in [1.29, 1.82) is 0 Å². The molecule has 51 heavy (non-hydrogen) atoms. The molecule has 278 valence electrons. The Kier molecular flexibility index (Phi) is 13.4. The molecule has 3 rings (SSSR count). The number of esters is 5. The Hall–Kier alpha value is -4.94. The summed E-state index contributed by atoms with van der Waals surface area (Å²) in [4.78, 5) is 73.8. The van der Waals surface area contributed by atoms with E-state index in [2.05, 4.69) is 0 Å². The third-order valence-corrected chi connectivity index (χ3v) is 9.01. The van der Waals surface area contributed by atoms with Gasteiger partial charge in [-0.3, -0.25) is 34.1 Å². The third kappa shape index (κ3) is 10.8. The van der Waals surface area contributed by atoms with Crippen LogP contribution in [0.3, 0.4) is 0 Å². The van der Waals surface area contributed by atoms with Gasteiger partial charge in [-0.15, -0.1) is 0 Å². The fourth-order valence-electron chi connectivity index (χ4n) is 5.32. The number of benzene rings is 2. The van der Waals surface area contributed by atoms with Gasteiger partial charge in [-0.1, -0.05) is 42.5 Å². The molecule has 0 amide bonds. The molecule has 0 bridgehead atoms. The maximum absolute atomic E-state index is 15.0. The number of hydrogen-bond donors (Lipinski definition) is 0. The van der Waals surface area contributed by atoms with E-state index in [-0.39, 0.29) is 0 Å². The summed E-state index contributed by atoms with van der Waals surface area (Å²) in [5.41, 5.74) is -1.67. The second kappa shape index (κ2) is 16.8. The number of nitro groups is 1. The summed E-state index contributed by atoms with van der Waals surface area (Å²) < 4.78 is 63.8. The molecule has 0 N–H and O–H groups in total. The zero-order chi connectivity index (χ0) is 38.3. The van der Waals surface area contributed by atoms with Gasteiger partial charge >= 0.3 is 29.8 Å². The molecule has 1 aliphatic heterocycles. The topological polar surface area (TPSA) is 221 Å². The molecule has 1 saturated heterocycles. The summed E-state index contributed by atoms with van der Waals surface area (Å²) in [6.45, 7) is 7.84. The zero-order valence-corrected chi connectivity index (χ0v) is 29.8. The molecular formula is C33H40N2O15S. The van der Waals surface area contributed by atoms with Crippen LogP contribution in [0.4, 0.5) is 5.69 Å². The van der Waals surface area contributed by atoms with E-state index in [4.69, 9.17) is 28.4 Å². The SMILES string of the molecule is CC(=O)OC[C@H]1O[C@@H](N([C@@H](Cc2ccccc2)C(=O)OC(C)(C)C)S(=O)(=O)c2ccccc2[N+](=O)[O-])[C@H](OC(C)=O)[C@@H](OC(C)=O)[C@@H]1OC(C)=O. The average Bonchev–Trinajstić information content (AvgIpc) is 3.01. The van der Waals surface area contributed by atoms with Crippen molar-refractivity contribution in [3.63, 3.8) is 0 Å². The second-order valence-electron chi connectivity index (χ2n) is 12.4. The lowest BCUT2D eigenvalue weighted by atomic mass is 9.96. The molecule has 2 aromatic carbocycles. The average molecular weight is 737 g/mol. The van der Waals surface area contributed by atoms with Crippen molar-refractivity contribution in [2.45, 2.75) is 102 Å². The van der Waals surface area contributed by atoms with Gasteiger partial charge in [0.15, 0.2) is 29.4 Å². The first-order valence-electron chi connectivity index (χ1n) is 15.6. The standard InChI is InChI=1S/C33H40N2O15S/c1-19(36)45-18-26-28(46-20(2)37)29(47-21(3)38)30(48-22(4)39)31(49-26)34(51(43,44)27-16-12-11-15-24(27)35(41)42)25(32(40)50-33(5,6)7)17-23-13-9-8-10-14-23/h8-16,25-26,28-31H,17-18H2,1-7H3/t25-,26+,28+,29-,30+,31+/m0/s1. The highest BCUT2D eigenvalue weighted by molar-refractivity contribution is 7.89. The van der Waals surface area contributed by atoms with Gasteiger partial charge in [-0.25, -0.2) is 8.42 Å².